The average molecular weight is 474 g/mol. The van der Waals surface area contributed by atoms with Crippen molar-refractivity contribution in [2.45, 2.75) is 24.1 Å². The number of carbonyl (C=O) groups is 4. The van der Waals surface area contributed by atoms with Gasteiger partial charge in [-0.15, -0.1) is 23.2 Å². The Balaban J connectivity index is 1.33. The van der Waals surface area contributed by atoms with Crippen molar-refractivity contribution in [3.8, 4) is 0 Å². The first-order valence-electron chi connectivity index (χ1n) is 9.54. The molecule has 10 heteroatoms. The number of alkyl halides is 2. The Bertz CT molecular complexity index is 907. The lowest BCUT2D eigenvalue weighted by atomic mass is 9.80. The molecule has 2 saturated carbocycles. The largest absolute Gasteiger partial charge is 0.454 e. The number of benzene rings is 1. The Morgan fingerprint density at radius 1 is 1.13 bits per heavy atom. The van der Waals surface area contributed by atoms with E-state index in [0.29, 0.717) is 22.7 Å². The van der Waals surface area contributed by atoms with E-state index in [9.17, 15) is 19.2 Å². The van der Waals surface area contributed by atoms with E-state index >= 15 is 0 Å². The van der Waals surface area contributed by atoms with Gasteiger partial charge >= 0.3 is 5.97 Å². The molecule has 3 aliphatic rings. The van der Waals surface area contributed by atoms with Gasteiger partial charge in [-0.3, -0.25) is 24.1 Å². The van der Waals surface area contributed by atoms with Crippen LogP contribution in [0.5, 0.6) is 0 Å². The molecule has 1 aliphatic heterocycles. The quantitative estimate of drug-likeness (QED) is 0.403. The summed E-state index contributed by atoms with van der Waals surface area (Å²) in [4.78, 5) is 50.6. The molecule has 1 heterocycles. The smallest absolute Gasteiger partial charge is 0.326 e. The summed E-state index contributed by atoms with van der Waals surface area (Å²) in [5, 5.41) is 2.37. The van der Waals surface area contributed by atoms with E-state index in [2.05, 4.69) is 5.32 Å². The first kappa shape index (κ1) is 21.4. The first-order valence-corrected chi connectivity index (χ1v) is 10.8. The second-order valence-electron chi connectivity index (χ2n) is 7.89. The van der Waals surface area contributed by atoms with Crippen LogP contribution in [0.2, 0.25) is 5.02 Å². The molecule has 7 nitrogen and oxygen atoms in total. The van der Waals surface area contributed by atoms with Crippen LogP contribution in [-0.2, 0) is 23.9 Å². The minimum absolute atomic E-state index is 0.159. The highest BCUT2D eigenvalue weighted by Gasteiger charge is 2.66. The Morgan fingerprint density at radius 2 is 1.73 bits per heavy atom. The van der Waals surface area contributed by atoms with Gasteiger partial charge < -0.3 is 10.1 Å². The predicted octanol–water partition coefficient (Wildman–Crippen LogP) is 2.60. The van der Waals surface area contributed by atoms with Crippen LogP contribution in [0, 0.1) is 30.6 Å². The topological polar surface area (TPSA) is 92.8 Å². The second-order valence-corrected chi connectivity index (χ2v) is 9.30. The molecule has 1 N–H and O–H groups in total. The van der Waals surface area contributed by atoms with Gasteiger partial charge in [0, 0.05) is 10.7 Å². The fraction of sp³-hybridized carbons (Fsp3) is 0.500. The van der Waals surface area contributed by atoms with Gasteiger partial charge in [0.25, 0.3) is 5.91 Å². The molecule has 0 spiro atoms. The van der Waals surface area contributed by atoms with Crippen molar-refractivity contribution in [2.24, 2.45) is 23.7 Å². The summed E-state index contributed by atoms with van der Waals surface area (Å²) in [6.45, 7) is 0.662. The van der Waals surface area contributed by atoms with E-state index in [4.69, 9.17) is 39.5 Å². The van der Waals surface area contributed by atoms with Gasteiger partial charge in [-0.05, 0) is 42.9 Å². The van der Waals surface area contributed by atoms with E-state index in [0.717, 1.165) is 4.90 Å². The minimum Gasteiger partial charge on any atom is -0.454 e. The third-order valence-electron chi connectivity index (χ3n) is 6.27. The van der Waals surface area contributed by atoms with Gasteiger partial charge in [-0.2, -0.15) is 0 Å². The summed E-state index contributed by atoms with van der Waals surface area (Å²) < 4.78 is 4.96. The lowest BCUT2D eigenvalue weighted by Crippen LogP contribution is -2.38. The highest BCUT2D eigenvalue weighted by molar-refractivity contribution is 6.32. The Hall–Kier alpha value is -1.83. The standard InChI is InChI=1S/C20H19Cl3N2O5/c1-8-11(21)3-2-4-12(8)24-13(26)7-30-14(27)6-25-19(28)15-9-5-10(16(15)20(25)29)18(23)17(9)22/h2-4,9-10,15-18H,5-7H2,1H3,(H,24,26)/t9-,10-,15-,16-,17+,18+/m1/s1. The third kappa shape index (κ3) is 3.47. The van der Waals surface area contributed by atoms with Crippen LogP contribution in [0.1, 0.15) is 12.0 Å². The zero-order chi connectivity index (χ0) is 21.7. The van der Waals surface area contributed by atoms with Crippen molar-refractivity contribution < 1.29 is 23.9 Å². The number of imide groups is 1. The second kappa shape index (κ2) is 8.02. The maximum atomic E-state index is 12.7. The number of amides is 3. The predicted molar refractivity (Wildman–Crippen MR) is 110 cm³/mol. The monoisotopic (exact) mass is 472 g/mol. The highest BCUT2D eigenvalue weighted by Crippen LogP contribution is 2.59. The molecular formula is C20H19Cl3N2O5. The summed E-state index contributed by atoms with van der Waals surface area (Å²) >= 11 is 18.6. The number of rotatable bonds is 5. The molecule has 160 valence electrons. The number of nitrogens with zero attached hydrogens (tertiary/aromatic N) is 1. The highest BCUT2D eigenvalue weighted by atomic mass is 35.5. The summed E-state index contributed by atoms with van der Waals surface area (Å²) in [6.07, 6.45) is 0.649. The molecule has 0 aromatic heterocycles. The molecule has 1 saturated heterocycles. The number of fused-ring (bicyclic) bond motifs is 5. The average Bonchev–Trinajstić information content (AvgIpc) is 3.31. The van der Waals surface area contributed by atoms with Crippen LogP contribution >= 0.6 is 34.8 Å². The molecule has 0 unspecified atom stereocenters. The number of halogens is 3. The first-order chi connectivity index (χ1) is 14.2. The maximum absolute atomic E-state index is 12.7. The van der Waals surface area contributed by atoms with Crippen molar-refractivity contribution in [2.75, 3.05) is 18.5 Å². The van der Waals surface area contributed by atoms with Crippen molar-refractivity contribution in [3.63, 3.8) is 0 Å². The fourth-order valence-corrected chi connectivity index (χ4v) is 5.88. The SMILES string of the molecule is Cc1c(Cl)cccc1NC(=O)COC(=O)CN1C(=O)[C@@H]2[C@H]3C[C@@H]([C@H](Cl)[C@H]3Cl)[C@H]2C1=O. The number of anilines is 1. The molecule has 2 aliphatic carbocycles. The van der Waals surface area contributed by atoms with Gasteiger partial charge in [0.1, 0.15) is 6.54 Å². The van der Waals surface area contributed by atoms with Crippen molar-refractivity contribution >= 4 is 64.2 Å². The molecule has 2 bridgehead atoms. The molecule has 4 rings (SSSR count). The van der Waals surface area contributed by atoms with Crippen LogP contribution in [0.4, 0.5) is 5.69 Å². The molecule has 3 fully saturated rings. The number of carbonyl (C=O) groups excluding carboxylic acids is 4. The van der Waals surface area contributed by atoms with E-state index in [1.165, 1.54) is 0 Å². The van der Waals surface area contributed by atoms with Crippen LogP contribution in [0.25, 0.3) is 0 Å². The fourth-order valence-electron chi connectivity index (χ4n) is 4.82. The van der Waals surface area contributed by atoms with Gasteiger partial charge in [0.15, 0.2) is 6.61 Å². The molecule has 1 aromatic rings. The molecule has 0 radical (unpaired) electrons. The molecular weight excluding hydrogens is 455 g/mol. The third-order valence-corrected chi connectivity index (χ3v) is 8.00. The van der Waals surface area contributed by atoms with Crippen LogP contribution in [0.15, 0.2) is 18.2 Å². The minimum atomic E-state index is -0.841. The van der Waals surface area contributed by atoms with Gasteiger partial charge in [-0.25, -0.2) is 0 Å². The maximum Gasteiger partial charge on any atom is 0.326 e. The normalized spacial score (nSPS) is 31.8. The number of esters is 1. The van der Waals surface area contributed by atoms with Gasteiger partial charge in [0.05, 0.1) is 22.6 Å². The number of hydrogen-bond donors (Lipinski definition) is 1. The van der Waals surface area contributed by atoms with E-state index in [1.54, 1.807) is 25.1 Å². The summed E-state index contributed by atoms with van der Waals surface area (Å²) in [6, 6.07) is 5.04. The van der Waals surface area contributed by atoms with Crippen LogP contribution in [-0.4, -0.2) is 52.5 Å². The van der Waals surface area contributed by atoms with E-state index < -0.39 is 48.7 Å². The molecule has 1 aromatic carbocycles. The van der Waals surface area contributed by atoms with Crippen molar-refractivity contribution in [1.29, 1.82) is 0 Å². The lowest BCUT2D eigenvalue weighted by Gasteiger charge is -2.28. The Morgan fingerprint density at radius 3 is 2.33 bits per heavy atom. The summed E-state index contributed by atoms with van der Waals surface area (Å²) in [7, 11) is 0. The van der Waals surface area contributed by atoms with Crippen molar-refractivity contribution in [3.05, 3.63) is 28.8 Å². The van der Waals surface area contributed by atoms with Gasteiger partial charge in [0.2, 0.25) is 11.8 Å². The van der Waals surface area contributed by atoms with Crippen LogP contribution in [0.3, 0.4) is 0 Å². The Labute approximate surface area is 188 Å². The number of ether oxygens (including phenoxy) is 1. The van der Waals surface area contributed by atoms with Crippen molar-refractivity contribution in [1.82, 2.24) is 4.90 Å². The zero-order valence-electron chi connectivity index (χ0n) is 15.9. The Kier molecular flexibility index (Phi) is 5.72. The van der Waals surface area contributed by atoms with Crippen LogP contribution < -0.4 is 5.32 Å². The van der Waals surface area contributed by atoms with Gasteiger partial charge in [-0.1, -0.05) is 17.7 Å². The number of hydrogen-bond acceptors (Lipinski definition) is 5. The van der Waals surface area contributed by atoms with E-state index in [1.807, 2.05) is 0 Å². The summed E-state index contributed by atoms with van der Waals surface area (Å²) in [5.41, 5.74) is 1.19. The van der Waals surface area contributed by atoms with E-state index in [-0.39, 0.29) is 22.6 Å². The number of likely N-dealkylation sites (tertiary alicyclic amines) is 1. The molecule has 3 amide bonds. The summed E-state index contributed by atoms with van der Waals surface area (Å²) in [5.74, 6) is -3.60. The molecule has 6 atom stereocenters. The molecule has 30 heavy (non-hydrogen) atoms. The zero-order valence-corrected chi connectivity index (χ0v) is 18.2. The lowest BCUT2D eigenvalue weighted by molar-refractivity contribution is -0.154. The number of nitrogens with one attached hydrogen (secondary N) is 1.